The molecule has 1 heterocycles. The Morgan fingerprint density at radius 2 is 1.90 bits per heavy atom. The average molecular weight is 300 g/mol. The van der Waals surface area contributed by atoms with Gasteiger partial charge in [-0.05, 0) is 63.4 Å². The molecule has 0 aliphatic heterocycles. The standard InChI is InChI=1S/C17H20N2OS/c1-10(2)20-14-8-6-12(7-9-14)15-11(3)17(21)19-16(18-15)13-4-5-13/h6-10,13H,4-5H2,1-3H3,(H,18,19,21). The third-order valence-electron chi connectivity index (χ3n) is 3.65. The van der Waals surface area contributed by atoms with Gasteiger partial charge >= 0.3 is 0 Å². The zero-order valence-corrected chi connectivity index (χ0v) is 13.5. The summed E-state index contributed by atoms with van der Waals surface area (Å²) in [6.45, 7) is 6.08. The lowest BCUT2D eigenvalue weighted by molar-refractivity contribution is 0.242. The van der Waals surface area contributed by atoms with E-state index in [2.05, 4.69) is 22.1 Å². The van der Waals surface area contributed by atoms with Crippen LogP contribution in [0.15, 0.2) is 24.3 Å². The van der Waals surface area contributed by atoms with Crippen molar-refractivity contribution in [1.82, 2.24) is 9.97 Å². The van der Waals surface area contributed by atoms with Crippen molar-refractivity contribution in [2.75, 3.05) is 0 Å². The van der Waals surface area contributed by atoms with Gasteiger partial charge in [-0.3, -0.25) is 0 Å². The molecule has 4 heteroatoms. The molecule has 110 valence electrons. The maximum Gasteiger partial charge on any atom is 0.133 e. The molecule has 0 spiro atoms. The van der Waals surface area contributed by atoms with Gasteiger partial charge in [0.15, 0.2) is 0 Å². The second kappa shape index (κ2) is 5.60. The van der Waals surface area contributed by atoms with Gasteiger partial charge in [-0.15, -0.1) is 0 Å². The fraction of sp³-hybridized carbons (Fsp3) is 0.412. The number of nitrogens with one attached hydrogen (secondary N) is 1. The van der Waals surface area contributed by atoms with E-state index in [1.54, 1.807) is 0 Å². The quantitative estimate of drug-likeness (QED) is 0.826. The van der Waals surface area contributed by atoms with Gasteiger partial charge in [-0.1, -0.05) is 12.2 Å². The van der Waals surface area contributed by atoms with Crippen LogP contribution in [0.4, 0.5) is 0 Å². The van der Waals surface area contributed by atoms with Crippen molar-refractivity contribution >= 4 is 12.2 Å². The topological polar surface area (TPSA) is 37.9 Å². The van der Waals surface area contributed by atoms with Crippen molar-refractivity contribution < 1.29 is 4.74 Å². The van der Waals surface area contributed by atoms with Crippen LogP contribution in [0.1, 0.15) is 44.0 Å². The van der Waals surface area contributed by atoms with Crippen LogP contribution in [0.5, 0.6) is 5.75 Å². The molecule has 0 bridgehead atoms. The molecule has 0 unspecified atom stereocenters. The van der Waals surface area contributed by atoms with Crippen molar-refractivity contribution in [2.45, 2.75) is 45.6 Å². The first-order valence-electron chi connectivity index (χ1n) is 7.42. The molecule has 1 N–H and O–H groups in total. The smallest absolute Gasteiger partial charge is 0.133 e. The van der Waals surface area contributed by atoms with E-state index in [0.717, 1.165) is 28.4 Å². The molecule has 1 saturated carbocycles. The third-order valence-corrected chi connectivity index (χ3v) is 4.05. The first-order valence-corrected chi connectivity index (χ1v) is 7.83. The Hall–Kier alpha value is -1.68. The number of benzene rings is 1. The van der Waals surface area contributed by atoms with E-state index in [9.17, 15) is 0 Å². The predicted molar refractivity (Wildman–Crippen MR) is 87.3 cm³/mol. The van der Waals surface area contributed by atoms with Gasteiger partial charge < -0.3 is 9.72 Å². The maximum absolute atomic E-state index is 5.69. The fourth-order valence-electron chi connectivity index (χ4n) is 2.36. The molecule has 3 rings (SSSR count). The lowest BCUT2D eigenvalue weighted by Crippen LogP contribution is -2.05. The van der Waals surface area contributed by atoms with E-state index in [1.165, 1.54) is 12.8 Å². The van der Waals surface area contributed by atoms with Crippen LogP contribution in [-0.4, -0.2) is 16.1 Å². The summed E-state index contributed by atoms with van der Waals surface area (Å²) in [6.07, 6.45) is 2.61. The van der Waals surface area contributed by atoms with E-state index in [1.807, 2.05) is 32.9 Å². The Morgan fingerprint density at radius 3 is 2.48 bits per heavy atom. The Bertz CT molecular complexity index is 700. The van der Waals surface area contributed by atoms with Gasteiger partial charge in [0.1, 0.15) is 16.2 Å². The summed E-state index contributed by atoms with van der Waals surface area (Å²) < 4.78 is 6.39. The third kappa shape index (κ3) is 3.16. The number of hydrogen-bond acceptors (Lipinski definition) is 3. The summed E-state index contributed by atoms with van der Waals surface area (Å²) in [6, 6.07) is 8.15. The number of H-pyrrole nitrogens is 1. The number of rotatable bonds is 4. The van der Waals surface area contributed by atoms with Crippen molar-refractivity contribution in [3.05, 3.63) is 40.3 Å². The summed E-state index contributed by atoms with van der Waals surface area (Å²) >= 11 is 5.40. The molecule has 2 aromatic rings. The molecule has 0 atom stereocenters. The van der Waals surface area contributed by atoms with Crippen LogP contribution in [0.2, 0.25) is 0 Å². The average Bonchev–Trinajstić information content (AvgIpc) is 3.26. The zero-order valence-electron chi connectivity index (χ0n) is 12.6. The highest BCUT2D eigenvalue weighted by molar-refractivity contribution is 7.71. The van der Waals surface area contributed by atoms with Gasteiger partial charge in [0.05, 0.1) is 11.8 Å². The normalized spacial score (nSPS) is 14.5. The van der Waals surface area contributed by atoms with E-state index in [0.29, 0.717) is 10.6 Å². The Balaban J connectivity index is 1.97. The van der Waals surface area contributed by atoms with Crippen molar-refractivity contribution in [3.8, 4) is 17.0 Å². The van der Waals surface area contributed by atoms with Crippen molar-refractivity contribution in [3.63, 3.8) is 0 Å². The zero-order chi connectivity index (χ0) is 15.0. The molecule has 0 saturated heterocycles. The maximum atomic E-state index is 5.69. The second-order valence-electron chi connectivity index (χ2n) is 5.89. The highest BCUT2D eigenvalue weighted by Crippen LogP contribution is 2.39. The highest BCUT2D eigenvalue weighted by Gasteiger charge is 2.26. The summed E-state index contributed by atoms with van der Waals surface area (Å²) in [4.78, 5) is 7.99. The van der Waals surface area contributed by atoms with E-state index in [4.69, 9.17) is 17.0 Å². The van der Waals surface area contributed by atoms with Gasteiger partial charge in [0.2, 0.25) is 0 Å². The number of aromatic amines is 1. The first-order chi connectivity index (χ1) is 10.0. The lowest BCUT2D eigenvalue weighted by Gasteiger charge is -2.12. The minimum Gasteiger partial charge on any atom is -0.491 e. The summed E-state index contributed by atoms with van der Waals surface area (Å²) in [5.41, 5.74) is 3.24. The van der Waals surface area contributed by atoms with Crippen LogP contribution in [-0.2, 0) is 0 Å². The van der Waals surface area contributed by atoms with Gasteiger partial charge in [0.25, 0.3) is 0 Å². The molecule has 1 aliphatic rings. The predicted octanol–water partition coefficient (Wildman–Crippen LogP) is 4.78. The monoisotopic (exact) mass is 300 g/mol. The van der Waals surface area contributed by atoms with E-state index >= 15 is 0 Å². The van der Waals surface area contributed by atoms with Crippen LogP contribution >= 0.6 is 12.2 Å². The molecule has 1 aliphatic carbocycles. The Morgan fingerprint density at radius 1 is 1.24 bits per heavy atom. The van der Waals surface area contributed by atoms with Crippen molar-refractivity contribution in [1.29, 1.82) is 0 Å². The number of nitrogens with zero attached hydrogens (tertiary/aromatic N) is 1. The second-order valence-corrected chi connectivity index (χ2v) is 6.28. The number of hydrogen-bond donors (Lipinski definition) is 1. The molecule has 0 radical (unpaired) electrons. The largest absolute Gasteiger partial charge is 0.491 e. The molecule has 0 amide bonds. The molecular formula is C17H20N2OS. The van der Waals surface area contributed by atoms with Gasteiger partial charge in [-0.25, -0.2) is 4.98 Å². The Kier molecular flexibility index (Phi) is 3.81. The molecule has 1 aromatic heterocycles. The minimum absolute atomic E-state index is 0.186. The lowest BCUT2D eigenvalue weighted by atomic mass is 10.1. The van der Waals surface area contributed by atoms with Crippen LogP contribution in [0.25, 0.3) is 11.3 Å². The summed E-state index contributed by atoms with van der Waals surface area (Å²) in [5, 5.41) is 0. The van der Waals surface area contributed by atoms with E-state index in [-0.39, 0.29) is 6.10 Å². The number of ether oxygens (including phenoxy) is 1. The first kappa shape index (κ1) is 14.3. The van der Waals surface area contributed by atoms with Crippen LogP contribution < -0.4 is 4.74 Å². The summed E-state index contributed by atoms with van der Waals surface area (Å²) in [5.74, 6) is 2.49. The van der Waals surface area contributed by atoms with Crippen LogP contribution in [0.3, 0.4) is 0 Å². The molecule has 1 aromatic carbocycles. The van der Waals surface area contributed by atoms with Gasteiger partial charge in [0, 0.05) is 11.5 Å². The summed E-state index contributed by atoms with van der Waals surface area (Å²) in [7, 11) is 0. The van der Waals surface area contributed by atoms with E-state index < -0.39 is 0 Å². The van der Waals surface area contributed by atoms with Gasteiger partial charge in [-0.2, -0.15) is 0 Å². The number of aromatic nitrogens is 2. The molecule has 3 nitrogen and oxygen atoms in total. The van der Waals surface area contributed by atoms with Crippen molar-refractivity contribution in [2.24, 2.45) is 0 Å². The SMILES string of the molecule is Cc1c(-c2ccc(OC(C)C)cc2)[nH]c(C2CC2)nc1=S. The Labute approximate surface area is 130 Å². The highest BCUT2D eigenvalue weighted by atomic mass is 32.1. The molecular weight excluding hydrogens is 280 g/mol. The minimum atomic E-state index is 0.186. The van der Waals surface area contributed by atoms with Crippen LogP contribution in [0, 0.1) is 11.6 Å². The fourth-order valence-corrected chi connectivity index (χ4v) is 2.56. The molecule has 21 heavy (non-hydrogen) atoms. The molecule has 1 fully saturated rings.